The van der Waals surface area contributed by atoms with Crippen LogP contribution in [0.2, 0.25) is 0 Å². The number of aromatic nitrogens is 3. The van der Waals surface area contributed by atoms with Gasteiger partial charge in [-0.2, -0.15) is 0 Å². The highest BCUT2D eigenvalue weighted by Gasteiger charge is 2.18. The van der Waals surface area contributed by atoms with Gasteiger partial charge in [-0.05, 0) is 51.4 Å². The van der Waals surface area contributed by atoms with Crippen LogP contribution < -0.4 is 5.32 Å². The average Bonchev–Trinajstić information content (AvgIpc) is 2.85. The highest BCUT2D eigenvalue weighted by molar-refractivity contribution is 9.11. The van der Waals surface area contributed by atoms with E-state index >= 15 is 0 Å². The molecule has 2 aromatic rings. The summed E-state index contributed by atoms with van der Waals surface area (Å²) >= 11 is 7.04. The summed E-state index contributed by atoms with van der Waals surface area (Å²) in [5.41, 5.74) is 1.01. The van der Waals surface area contributed by atoms with E-state index in [0.717, 1.165) is 40.0 Å². The number of hydrogen-bond donors (Lipinski definition) is 1. The number of nitrogens with one attached hydrogen (secondary N) is 1. The predicted molar refractivity (Wildman–Crippen MR) is 87.7 cm³/mol. The normalized spacial score (nSPS) is 12.6. The maximum atomic E-state index is 4.54. The fraction of sp³-hybridized carbons (Fsp3) is 0.429. The molecule has 0 aliphatic carbocycles. The first kappa shape index (κ1) is 15.7. The molecule has 0 amide bonds. The number of likely N-dealkylation sites (N-methyl/N-ethyl adjacent to an activating group) is 1. The van der Waals surface area contributed by atoms with Crippen molar-refractivity contribution < 1.29 is 0 Å². The molecule has 1 N–H and O–H groups in total. The zero-order chi connectivity index (χ0) is 14.5. The zero-order valence-electron chi connectivity index (χ0n) is 11.6. The molecule has 0 bridgehead atoms. The van der Waals surface area contributed by atoms with Gasteiger partial charge in [0.25, 0.3) is 0 Å². The Morgan fingerprint density at radius 3 is 2.75 bits per heavy atom. The van der Waals surface area contributed by atoms with Crippen LogP contribution in [0.4, 0.5) is 0 Å². The molecule has 4 nitrogen and oxygen atoms in total. The first-order chi connectivity index (χ1) is 9.65. The van der Waals surface area contributed by atoms with Crippen LogP contribution in [0.15, 0.2) is 33.6 Å². The standard InChI is InChI=1S/C14H18Br2N4/c1-3-17-12(8-13-18-5-6-20(13)4-2)14-11(16)7-10(15)9-19-14/h5-7,9,12,17H,3-4,8H2,1-2H3. The van der Waals surface area contributed by atoms with Crippen molar-refractivity contribution in [3.63, 3.8) is 0 Å². The monoisotopic (exact) mass is 400 g/mol. The van der Waals surface area contributed by atoms with Crippen molar-refractivity contribution in [2.24, 2.45) is 0 Å². The highest BCUT2D eigenvalue weighted by Crippen LogP contribution is 2.26. The molecule has 1 unspecified atom stereocenters. The van der Waals surface area contributed by atoms with Gasteiger partial charge in [-0.25, -0.2) is 4.98 Å². The van der Waals surface area contributed by atoms with Crippen molar-refractivity contribution in [1.29, 1.82) is 0 Å². The molecule has 20 heavy (non-hydrogen) atoms. The topological polar surface area (TPSA) is 42.7 Å². The van der Waals surface area contributed by atoms with Gasteiger partial charge in [0, 0.05) is 40.5 Å². The van der Waals surface area contributed by atoms with Gasteiger partial charge in [0.05, 0.1) is 11.7 Å². The summed E-state index contributed by atoms with van der Waals surface area (Å²) in [7, 11) is 0. The smallest absolute Gasteiger partial charge is 0.110 e. The van der Waals surface area contributed by atoms with Crippen molar-refractivity contribution in [1.82, 2.24) is 19.9 Å². The van der Waals surface area contributed by atoms with Gasteiger partial charge in [-0.15, -0.1) is 0 Å². The number of pyridine rings is 1. The van der Waals surface area contributed by atoms with E-state index in [0.29, 0.717) is 0 Å². The van der Waals surface area contributed by atoms with E-state index in [4.69, 9.17) is 0 Å². The third kappa shape index (κ3) is 3.68. The van der Waals surface area contributed by atoms with Gasteiger partial charge in [-0.1, -0.05) is 6.92 Å². The van der Waals surface area contributed by atoms with E-state index in [1.165, 1.54) is 0 Å². The van der Waals surface area contributed by atoms with Gasteiger partial charge in [0.1, 0.15) is 5.82 Å². The van der Waals surface area contributed by atoms with Gasteiger partial charge in [-0.3, -0.25) is 4.98 Å². The van der Waals surface area contributed by atoms with Crippen molar-refractivity contribution in [3.05, 3.63) is 45.1 Å². The quantitative estimate of drug-likeness (QED) is 0.801. The largest absolute Gasteiger partial charge is 0.335 e. The van der Waals surface area contributed by atoms with Crippen LogP contribution in [0.25, 0.3) is 0 Å². The van der Waals surface area contributed by atoms with Crippen molar-refractivity contribution >= 4 is 31.9 Å². The van der Waals surface area contributed by atoms with E-state index in [9.17, 15) is 0 Å². The van der Waals surface area contributed by atoms with E-state index in [1.807, 2.05) is 24.7 Å². The molecule has 2 aromatic heterocycles. The van der Waals surface area contributed by atoms with E-state index in [-0.39, 0.29) is 6.04 Å². The Morgan fingerprint density at radius 2 is 2.10 bits per heavy atom. The van der Waals surface area contributed by atoms with Gasteiger partial charge in [0.15, 0.2) is 0 Å². The maximum absolute atomic E-state index is 4.54. The summed E-state index contributed by atoms with van der Waals surface area (Å²) in [5, 5.41) is 3.49. The number of nitrogens with zero attached hydrogens (tertiary/aromatic N) is 3. The van der Waals surface area contributed by atoms with Crippen LogP contribution in [-0.2, 0) is 13.0 Å². The molecule has 0 fully saturated rings. The summed E-state index contributed by atoms with van der Waals surface area (Å²) in [6.07, 6.45) is 6.52. The number of halogens is 2. The lowest BCUT2D eigenvalue weighted by molar-refractivity contribution is 0.509. The van der Waals surface area contributed by atoms with Gasteiger partial charge >= 0.3 is 0 Å². The third-order valence-corrected chi connectivity index (χ3v) is 4.21. The van der Waals surface area contributed by atoms with Crippen molar-refractivity contribution in [3.8, 4) is 0 Å². The maximum Gasteiger partial charge on any atom is 0.110 e. The van der Waals surface area contributed by atoms with Crippen LogP contribution in [0, 0.1) is 0 Å². The highest BCUT2D eigenvalue weighted by atomic mass is 79.9. The van der Waals surface area contributed by atoms with Gasteiger partial charge in [0.2, 0.25) is 0 Å². The minimum absolute atomic E-state index is 0.148. The lowest BCUT2D eigenvalue weighted by Crippen LogP contribution is -2.25. The fourth-order valence-corrected chi connectivity index (χ4v) is 3.46. The van der Waals surface area contributed by atoms with E-state index in [1.54, 1.807) is 0 Å². The summed E-state index contributed by atoms with van der Waals surface area (Å²) < 4.78 is 4.14. The SMILES string of the molecule is CCNC(Cc1nccn1CC)c1ncc(Br)cc1Br. The molecule has 0 aliphatic heterocycles. The second-order valence-electron chi connectivity index (χ2n) is 4.46. The second kappa shape index (κ2) is 7.33. The first-order valence-electron chi connectivity index (χ1n) is 6.70. The molecule has 2 heterocycles. The van der Waals surface area contributed by atoms with E-state index < -0.39 is 0 Å². The van der Waals surface area contributed by atoms with Crippen molar-refractivity contribution in [2.75, 3.05) is 6.54 Å². The molecular weight excluding hydrogens is 384 g/mol. The van der Waals surface area contributed by atoms with Crippen LogP contribution in [-0.4, -0.2) is 21.1 Å². The Balaban J connectivity index is 2.27. The molecular formula is C14H18Br2N4. The number of imidazole rings is 1. The van der Waals surface area contributed by atoms with Crippen LogP contribution in [0.5, 0.6) is 0 Å². The molecule has 0 saturated heterocycles. The molecule has 0 radical (unpaired) electrons. The number of aryl methyl sites for hydroxylation is 1. The summed E-state index contributed by atoms with van der Waals surface area (Å²) in [5.74, 6) is 1.08. The molecule has 0 aliphatic rings. The molecule has 1 atom stereocenters. The van der Waals surface area contributed by atoms with Crippen LogP contribution in [0.1, 0.15) is 31.4 Å². The molecule has 0 saturated carbocycles. The Kier molecular flexibility index (Phi) is 5.74. The van der Waals surface area contributed by atoms with E-state index in [2.05, 4.69) is 65.6 Å². The lowest BCUT2D eigenvalue weighted by atomic mass is 10.1. The van der Waals surface area contributed by atoms with Crippen molar-refractivity contribution in [2.45, 2.75) is 32.9 Å². The minimum Gasteiger partial charge on any atom is -0.335 e. The second-order valence-corrected chi connectivity index (χ2v) is 6.23. The Morgan fingerprint density at radius 1 is 1.30 bits per heavy atom. The Hall–Kier alpha value is -0.720. The van der Waals surface area contributed by atoms with Crippen LogP contribution >= 0.6 is 31.9 Å². The lowest BCUT2D eigenvalue weighted by Gasteiger charge is -2.19. The fourth-order valence-electron chi connectivity index (χ4n) is 2.19. The summed E-state index contributed by atoms with van der Waals surface area (Å²) in [4.78, 5) is 8.99. The summed E-state index contributed by atoms with van der Waals surface area (Å²) in [6.45, 7) is 6.05. The Bertz CT molecular complexity index is 568. The number of hydrogen-bond acceptors (Lipinski definition) is 3. The molecule has 6 heteroatoms. The van der Waals surface area contributed by atoms with Gasteiger partial charge < -0.3 is 9.88 Å². The number of rotatable bonds is 6. The molecule has 0 aromatic carbocycles. The zero-order valence-corrected chi connectivity index (χ0v) is 14.8. The average molecular weight is 402 g/mol. The minimum atomic E-state index is 0.148. The Labute approximate surface area is 136 Å². The molecule has 108 valence electrons. The first-order valence-corrected chi connectivity index (χ1v) is 8.28. The summed E-state index contributed by atoms with van der Waals surface area (Å²) in [6, 6.07) is 2.18. The van der Waals surface area contributed by atoms with Crippen LogP contribution in [0.3, 0.4) is 0 Å². The molecule has 2 rings (SSSR count). The predicted octanol–water partition coefficient (Wildman–Crippen LogP) is 3.72. The third-order valence-electron chi connectivity index (χ3n) is 3.15. The molecule has 0 spiro atoms.